The summed E-state index contributed by atoms with van der Waals surface area (Å²) in [6.45, 7) is 2.34. The number of rotatable bonds is 4. The summed E-state index contributed by atoms with van der Waals surface area (Å²) in [6.07, 6.45) is 15.3. The molecule has 0 spiro atoms. The van der Waals surface area contributed by atoms with Crippen molar-refractivity contribution in [2.75, 3.05) is 0 Å². The first kappa shape index (κ1) is 10.5. The van der Waals surface area contributed by atoms with Crippen LogP contribution in [0.15, 0.2) is 0 Å². The van der Waals surface area contributed by atoms with Gasteiger partial charge in [-0.05, 0) is 30.6 Å². The fraction of sp³-hybridized carbons (Fsp3) is 1.00. The minimum Gasteiger partial charge on any atom is -0.0654 e. The van der Waals surface area contributed by atoms with E-state index in [1.54, 1.807) is 32.1 Å². The van der Waals surface area contributed by atoms with Crippen LogP contribution < -0.4 is 0 Å². The third kappa shape index (κ3) is 2.74. The lowest BCUT2D eigenvalue weighted by Gasteiger charge is -2.34. The van der Waals surface area contributed by atoms with Gasteiger partial charge in [-0.25, -0.2) is 0 Å². The van der Waals surface area contributed by atoms with E-state index in [0.717, 1.165) is 17.8 Å². The van der Waals surface area contributed by atoms with E-state index in [-0.39, 0.29) is 0 Å². The fourth-order valence-electron chi connectivity index (χ4n) is 3.49. The highest BCUT2D eigenvalue weighted by Crippen LogP contribution is 2.40. The Labute approximate surface area is 89.5 Å². The van der Waals surface area contributed by atoms with E-state index in [1.807, 2.05) is 0 Å². The Morgan fingerprint density at radius 3 is 2.14 bits per heavy atom. The van der Waals surface area contributed by atoms with Crippen LogP contribution in [-0.4, -0.2) is 0 Å². The molecule has 0 heteroatoms. The molecule has 0 heterocycles. The number of hydrogen-bond acceptors (Lipinski definition) is 0. The molecule has 0 radical (unpaired) electrons. The molecule has 0 amide bonds. The van der Waals surface area contributed by atoms with Crippen molar-refractivity contribution in [3.05, 3.63) is 0 Å². The molecule has 2 atom stereocenters. The van der Waals surface area contributed by atoms with Crippen LogP contribution in [0, 0.1) is 17.8 Å². The third-order valence-electron chi connectivity index (χ3n) is 4.48. The Bertz CT molecular complexity index is 155. The Balaban J connectivity index is 1.69. The van der Waals surface area contributed by atoms with Gasteiger partial charge in [-0.1, -0.05) is 58.3 Å². The zero-order valence-electron chi connectivity index (χ0n) is 9.80. The molecule has 2 rings (SSSR count). The highest BCUT2D eigenvalue weighted by Gasteiger charge is 2.26. The normalized spacial score (nSPS) is 34.1. The average Bonchev–Trinajstić information content (AvgIpc) is 2.13. The van der Waals surface area contributed by atoms with E-state index in [2.05, 4.69) is 6.92 Å². The van der Waals surface area contributed by atoms with E-state index in [9.17, 15) is 0 Å². The molecule has 2 fully saturated rings. The first-order chi connectivity index (χ1) is 6.88. The minimum atomic E-state index is 1.10. The highest BCUT2D eigenvalue weighted by atomic mass is 14.3. The van der Waals surface area contributed by atoms with E-state index >= 15 is 0 Å². The molecule has 0 aromatic carbocycles. The second-order valence-corrected chi connectivity index (χ2v) is 5.72. The van der Waals surface area contributed by atoms with Crippen LogP contribution in [-0.2, 0) is 0 Å². The molecule has 0 bridgehead atoms. The van der Waals surface area contributed by atoms with Gasteiger partial charge in [0.1, 0.15) is 0 Å². The van der Waals surface area contributed by atoms with Gasteiger partial charge in [-0.3, -0.25) is 0 Å². The first-order valence-corrected chi connectivity index (χ1v) is 6.88. The molecule has 2 aliphatic carbocycles. The smallest absolute Gasteiger partial charge is 0.0409 e. The zero-order valence-corrected chi connectivity index (χ0v) is 9.80. The van der Waals surface area contributed by atoms with Crippen LogP contribution in [0.5, 0.6) is 0 Å². The topological polar surface area (TPSA) is 0 Å². The summed E-state index contributed by atoms with van der Waals surface area (Å²) in [5.41, 5.74) is 0. The van der Waals surface area contributed by atoms with Crippen molar-refractivity contribution >= 4 is 0 Å². The summed E-state index contributed by atoms with van der Waals surface area (Å²) in [6, 6.07) is 0. The molecule has 2 unspecified atom stereocenters. The van der Waals surface area contributed by atoms with Gasteiger partial charge in [-0.2, -0.15) is 0 Å². The molecule has 2 aliphatic rings. The van der Waals surface area contributed by atoms with E-state index in [4.69, 9.17) is 0 Å². The van der Waals surface area contributed by atoms with Crippen LogP contribution in [0.1, 0.15) is 71.1 Å². The summed E-state index contributed by atoms with van der Waals surface area (Å²) in [7, 11) is 0. The van der Waals surface area contributed by atoms with Crippen LogP contribution in [0.3, 0.4) is 0 Å². The minimum absolute atomic E-state index is 1.10. The Kier molecular flexibility index (Phi) is 3.89. The largest absolute Gasteiger partial charge is 0.0654 e. The van der Waals surface area contributed by atoms with Crippen LogP contribution >= 0.6 is 0 Å². The second kappa shape index (κ2) is 5.19. The monoisotopic (exact) mass is 194 g/mol. The summed E-state index contributed by atoms with van der Waals surface area (Å²) < 4.78 is 0. The summed E-state index contributed by atoms with van der Waals surface area (Å²) in [5.74, 6) is 3.35. The van der Waals surface area contributed by atoms with Crippen molar-refractivity contribution in [1.82, 2.24) is 0 Å². The van der Waals surface area contributed by atoms with Crippen LogP contribution in [0.25, 0.3) is 0 Å². The van der Waals surface area contributed by atoms with Crippen molar-refractivity contribution in [3.63, 3.8) is 0 Å². The quantitative estimate of drug-likeness (QED) is 0.604. The maximum Gasteiger partial charge on any atom is -0.0409 e. The summed E-state index contributed by atoms with van der Waals surface area (Å²) in [5, 5.41) is 0. The van der Waals surface area contributed by atoms with Crippen molar-refractivity contribution in [3.8, 4) is 0 Å². The molecular formula is C14H26. The third-order valence-corrected chi connectivity index (χ3v) is 4.48. The van der Waals surface area contributed by atoms with Gasteiger partial charge >= 0.3 is 0 Å². The molecule has 0 nitrogen and oxygen atoms in total. The van der Waals surface area contributed by atoms with E-state index < -0.39 is 0 Å². The maximum absolute atomic E-state index is 2.34. The van der Waals surface area contributed by atoms with Crippen molar-refractivity contribution < 1.29 is 0 Å². The van der Waals surface area contributed by atoms with Gasteiger partial charge in [0.05, 0.1) is 0 Å². The molecule has 2 saturated carbocycles. The summed E-state index contributed by atoms with van der Waals surface area (Å²) >= 11 is 0. The van der Waals surface area contributed by atoms with Crippen molar-refractivity contribution in [2.45, 2.75) is 71.1 Å². The maximum atomic E-state index is 2.34. The SMILES string of the molecule is CCCC1CCCC(CC2CCC2)C1. The van der Waals surface area contributed by atoms with Crippen molar-refractivity contribution in [2.24, 2.45) is 17.8 Å². The zero-order chi connectivity index (χ0) is 9.80. The van der Waals surface area contributed by atoms with Crippen LogP contribution in [0.4, 0.5) is 0 Å². The van der Waals surface area contributed by atoms with E-state index in [1.165, 1.54) is 32.1 Å². The second-order valence-electron chi connectivity index (χ2n) is 5.72. The number of hydrogen-bond donors (Lipinski definition) is 0. The lowest BCUT2D eigenvalue weighted by Crippen LogP contribution is -2.21. The van der Waals surface area contributed by atoms with E-state index in [0.29, 0.717) is 0 Å². The fourth-order valence-corrected chi connectivity index (χ4v) is 3.49. The predicted molar refractivity (Wildman–Crippen MR) is 62.3 cm³/mol. The molecule has 0 aromatic heterocycles. The average molecular weight is 194 g/mol. The molecule has 0 N–H and O–H groups in total. The first-order valence-electron chi connectivity index (χ1n) is 6.88. The lowest BCUT2D eigenvalue weighted by molar-refractivity contribution is 0.180. The van der Waals surface area contributed by atoms with Gasteiger partial charge in [-0.15, -0.1) is 0 Å². The highest BCUT2D eigenvalue weighted by molar-refractivity contribution is 4.78. The predicted octanol–water partition coefficient (Wildman–Crippen LogP) is 4.78. The van der Waals surface area contributed by atoms with Gasteiger partial charge in [0.15, 0.2) is 0 Å². The summed E-state index contributed by atoms with van der Waals surface area (Å²) in [4.78, 5) is 0. The lowest BCUT2D eigenvalue weighted by atomic mass is 9.72. The van der Waals surface area contributed by atoms with Crippen molar-refractivity contribution in [1.29, 1.82) is 0 Å². The molecule has 14 heavy (non-hydrogen) atoms. The molecule has 0 saturated heterocycles. The Morgan fingerprint density at radius 1 is 0.857 bits per heavy atom. The Morgan fingerprint density at radius 2 is 1.50 bits per heavy atom. The standard InChI is InChI=1S/C14H26/c1-2-5-12-6-4-9-14(10-12)11-13-7-3-8-13/h12-14H,2-11H2,1H3. The van der Waals surface area contributed by atoms with Gasteiger partial charge < -0.3 is 0 Å². The van der Waals surface area contributed by atoms with Gasteiger partial charge in [0.25, 0.3) is 0 Å². The van der Waals surface area contributed by atoms with Gasteiger partial charge in [0.2, 0.25) is 0 Å². The Hall–Kier alpha value is 0. The molecular weight excluding hydrogens is 168 g/mol. The molecule has 82 valence electrons. The van der Waals surface area contributed by atoms with Gasteiger partial charge in [0, 0.05) is 0 Å². The van der Waals surface area contributed by atoms with Crippen LogP contribution in [0.2, 0.25) is 0 Å². The molecule has 0 aromatic rings. The molecule has 0 aliphatic heterocycles.